The number of carboxylic acid groups (broad SMARTS) is 1. The molecule has 0 aliphatic heterocycles. The number of nitrogens with zero attached hydrogens (tertiary/aromatic N) is 2. The largest absolute Gasteiger partial charge is 0.476 e. The molecule has 5 heteroatoms. The SMILES string of the molecule is Cc1ccc(Cl)cc1-n1nc(C(=O)O)c2c1CCCC2. The van der Waals surface area contributed by atoms with E-state index in [0.717, 1.165) is 48.2 Å². The molecule has 20 heavy (non-hydrogen) atoms. The number of halogens is 1. The van der Waals surface area contributed by atoms with E-state index in [2.05, 4.69) is 5.10 Å². The summed E-state index contributed by atoms with van der Waals surface area (Å²) >= 11 is 6.06. The van der Waals surface area contributed by atoms with Gasteiger partial charge in [0, 0.05) is 16.3 Å². The molecular formula is C15H15ClN2O2. The lowest BCUT2D eigenvalue weighted by molar-refractivity contribution is 0.0688. The molecule has 0 fully saturated rings. The third kappa shape index (κ3) is 2.10. The molecule has 1 N–H and O–H groups in total. The molecule has 0 unspecified atom stereocenters. The summed E-state index contributed by atoms with van der Waals surface area (Å²) in [5.41, 5.74) is 3.96. The maximum atomic E-state index is 11.4. The molecule has 0 saturated carbocycles. The minimum absolute atomic E-state index is 0.180. The topological polar surface area (TPSA) is 55.1 Å². The van der Waals surface area contributed by atoms with E-state index in [-0.39, 0.29) is 5.69 Å². The van der Waals surface area contributed by atoms with Gasteiger partial charge in [-0.2, -0.15) is 5.10 Å². The first kappa shape index (κ1) is 13.2. The molecule has 1 aromatic carbocycles. The average molecular weight is 291 g/mol. The van der Waals surface area contributed by atoms with Crippen molar-refractivity contribution < 1.29 is 9.90 Å². The Balaban J connectivity index is 2.23. The van der Waals surface area contributed by atoms with Gasteiger partial charge in [0.15, 0.2) is 5.69 Å². The second-order valence-corrected chi connectivity index (χ2v) is 5.57. The first-order valence-electron chi connectivity index (χ1n) is 6.68. The van der Waals surface area contributed by atoms with Crippen LogP contribution in [-0.2, 0) is 12.8 Å². The Morgan fingerprint density at radius 2 is 2.10 bits per heavy atom. The van der Waals surface area contributed by atoms with Gasteiger partial charge in [-0.3, -0.25) is 0 Å². The van der Waals surface area contributed by atoms with Gasteiger partial charge in [0.2, 0.25) is 0 Å². The molecule has 0 radical (unpaired) electrons. The lowest BCUT2D eigenvalue weighted by Gasteiger charge is -2.15. The number of rotatable bonds is 2. The van der Waals surface area contributed by atoms with Gasteiger partial charge in [0.1, 0.15) is 0 Å². The second kappa shape index (κ2) is 4.94. The van der Waals surface area contributed by atoms with Gasteiger partial charge in [-0.1, -0.05) is 17.7 Å². The van der Waals surface area contributed by atoms with Gasteiger partial charge >= 0.3 is 5.97 Å². The Morgan fingerprint density at radius 3 is 2.85 bits per heavy atom. The summed E-state index contributed by atoms with van der Waals surface area (Å²) in [6, 6.07) is 5.59. The molecule has 4 nitrogen and oxygen atoms in total. The summed E-state index contributed by atoms with van der Waals surface area (Å²) in [7, 11) is 0. The number of aromatic nitrogens is 2. The van der Waals surface area contributed by atoms with E-state index in [0.29, 0.717) is 5.02 Å². The van der Waals surface area contributed by atoms with Crippen LogP contribution < -0.4 is 0 Å². The number of benzene rings is 1. The average Bonchev–Trinajstić information content (AvgIpc) is 2.81. The zero-order valence-corrected chi connectivity index (χ0v) is 11.9. The van der Waals surface area contributed by atoms with Crippen LogP contribution in [0.4, 0.5) is 0 Å². The number of hydrogen-bond acceptors (Lipinski definition) is 2. The van der Waals surface area contributed by atoms with Crippen molar-refractivity contribution in [3.63, 3.8) is 0 Å². The number of hydrogen-bond donors (Lipinski definition) is 1. The summed E-state index contributed by atoms with van der Waals surface area (Å²) in [5.74, 6) is -0.957. The van der Waals surface area contributed by atoms with Crippen molar-refractivity contribution in [2.24, 2.45) is 0 Å². The van der Waals surface area contributed by atoms with Gasteiger partial charge in [-0.05, 0) is 50.3 Å². The summed E-state index contributed by atoms with van der Waals surface area (Å²) in [6.45, 7) is 1.98. The highest BCUT2D eigenvalue weighted by molar-refractivity contribution is 6.30. The van der Waals surface area contributed by atoms with Crippen molar-refractivity contribution in [3.8, 4) is 5.69 Å². The van der Waals surface area contributed by atoms with Crippen LogP contribution in [-0.4, -0.2) is 20.9 Å². The standard InChI is InChI=1S/C15H15ClN2O2/c1-9-6-7-10(16)8-13(9)18-12-5-3-2-4-11(12)14(17-18)15(19)20/h6-8H,2-5H2,1H3,(H,19,20). The zero-order valence-electron chi connectivity index (χ0n) is 11.2. The van der Waals surface area contributed by atoms with Crippen molar-refractivity contribution >= 4 is 17.6 Å². The molecule has 0 atom stereocenters. The van der Waals surface area contributed by atoms with Gasteiger partial charge in [-0.25, -0.2) is 9.48 Å². The highest BCUT2D eigenvalue weighted by Crippen LogP contribution is 2.29. The number of aromatic carboxylic acids is 1. The Hall–Kier alpha value is -1.81. The summed E-state index contributed by atoms with van der Waals surface area (Å²) < 4.78 is 1.76. The molecule has 0 saturated heterocycles. The van der Waals surface area contributed by atoms with E-state index in [1.807, 2.05) is 25.1 Å². The molecule has 1 heterocycles. The van der Waals surface area contributed by atoms with Crippen LogP contribution in [0.3, 0.4) is 0 Å². The lowest BCUT2D eigenvalue weighted by Crippen LogP contribution is -2.09. The van der Waals surface area contributed by atoms with Crippen LogP contribution in [0.25, 0.3) is 5.69 Å². The summed E-state index contributed by atoms with van der Waals surface area (Å²) in [6.07, 6.45) is 3.74. The van der Waals surface area contributed by atoms with E-state index < -0.39 is 5.97 Å². The Morgan fingerprint density at radius 1 is 1.35 bits per heavy atom. The number of carbonyl (C=O) groups is 1. The predicted molar refractivity (Wildman–Crippen MR) is 76.9 cm³/mol. The van der Waals surface area contributed by atoms with E-state index >= 15 is 0 Å². The van der Waals surface area contributed by atoms with Crippen LogP contribution >= 0.6 is 11.6 Å². The van der Waals surface area contributed by atoms with E-state index in [1.165, 1.54) is 0 Å². The number of fused-ring (bicyclic) bond motifs is 1. The van der Waals surface area contributed by atoms with Crippen molar-refractivity contribution in [2.45, 2.75) is 32.6 Å². The van der Waals surface area contributed by atoms with E-state index in [9.17, 15) is 9.90 Å². The Labute approximate surface area is 122 Å². The smallest absolute Gasteiger partial charge is 0.356 e. The van der Waals surface area contributed by atoms with Crippen LogP contribution in [0, 0.1) is 6.92 Å². The van der Waals surface area contributed by atoms with Gasteiger partial charge in [0.25, 0.3) is 0 Å². The molecule has 1 aliphatic rings. The van der Waals surface area contributed by atoms with Crippen molar-refractivity contribution in [1.82, 2.24) is 9.78 Å². The minimum Gasteiger partial charge on any atom is -0.476 e. The van der Waals surface area contributed by atoms with Gasteiger partial charge in [-0.15, -0.1) is 0 Å². The third-order valence-electron chi connectivity index (χ3n) is 3.78. The molecule has 0 bridgehead atoms. The fourth-order valence-corrected chi connectivity index (χ4v) is 2.95. The summed E-state index contributed by atoms with van der Waals surface area (Å²) in [5, 5.41) is 14.3. The molecule has 104 valence electrons. The van der Waals surface area contributed by atoms with Crippen LogP contribution in [0.1, 0.15) is 40.2 Å². The molecule has 3 rings (SSSR count). The van der Waals surface area contributed by atoms with E-state index in [4.69, 9.17) is 11.6 Å². The summed E-state index contributed by atoms with van der Waals surface area (Å²) in [4.78, 5) is 11.4. The van der Waals surface area contributed by atoms with Crippen molar-refractivity contribution in [1.29, 1.82) is 0 Å². The zero-order chi connectivity index (χ0) is 14.3. The molecule has 0 amide bonds. The maximum absolute atomic E-state index is 11.4. The lowest BCUT2D eigenvalue weighted by atomic mass is 9.95. The highest BCUT2D eigenvalue weighted by Gasteiger charge is 2.25. The number of aryl methyl sites for hydroxylation is 1. The van der Waals surface area contributed by atoms with Crippen molar-refractivity contribution in [2.75, 3.05) is 0 Å². The number of carboxylic acids is 1. The van der Waals surface area contributed by atoms with E-state index in [1.54, 1.807) is 4.68 Å². The second-order valence-electron chi connectivity index (χ2n) is 5.13. The minimum atomic E-state index is -0.957. The van der Waals surface area contributed by atoms with Gasteiger partial charge in [0.05, 0.1) is 5.69 Å². The first-order valence-corrected chi connectivity index (χ1v) is 7.06. The Kier molecular flexibility index (Phi) is 3.26. The molecule has 0 spiro atoms. The van der Waals surface area contributed by atoms with Crippen LogP contribution in [0.5, 0.6) is 0 Å². The quantitative estimate of drug-likeness (QED) is 0.922. The predicted octanol–water partition coefficient (Wildman–Crippen LogP) is 3.41. The van der Waals surface area contributed by atoms with Crippen LogP contribution in [0.2, 0.25) is 5.02 Å². The third-order valence-corrected chi connectivity index (χ3v) is 4.02. The van der Waals surface area contributed by atoms with Crippen molar-refractivity contribution in [3.05, 3.63) is 45.7 Å². The maximum Gasteiger partial charge on any atom is 0.356 e. The molecule has 2 aromatic rings. The monoisotopic (exact) mass is 290 g/mol. The van der Waals surface area contributed by atoms with Gasteiger partial charge < -0.3 is 5.11 Å². The highest BCUT2D eigenvalue weighted by atomic mass is 35.5. The fraction of sp³-hybridized carbons (Fsp3) is 0.333. The Bertz CT molecular complexity index is 691. The molecule has 1 aromatic heterocycles. The molecular weight excluding hydrogens is 276 g/mol. The first-order chi connectivity index (χ1) is 9.58. The fourth-order valence-electron chi connectivity index (χ4n) is 2.78. The van der Waals surface area contributed by atoms with Crippen LogP contribution in [0.15, 0.2) is 18.2 Å². The normalized spacial score (nSPS) is 14.1. The molecule has 1 aliphatic carbocycles.